The quantitative estimate of drug-likeness (QED) is 0.152. The van der Waals surface area contributed by atoms with E-state index in [0.717, 1.165) is 0 Å². The molecule has 11 nitrogen and oxygen atoms in total. The van der Waals surface area contributed by atoms with Gasteiger partial charge < -0.3 is 35.2 Å². The zero-order valence-corrected chi connectivity index (χ0v) is 13.0. The molecule has 2 amide bonds. The molecular formula is C11H20ClN3O8. The Morgan fingerprint density at radius 2 is 2.04 bits per heavy atom. The summed E-state index contributed by atoms with van der Waals surface area (Å²) in [5.74, 6) is -0.0604. The van der Waals surface area contributed by atoms with Crippen molar-refractivity contribution in [3.05, 3.63) is 4.91 Å². The lowest BCUT2D eigenvalue weighted by Crippen LogP contribution is -2.64. The number of alkyl halides is 1. The van der Waals surface area contributed by atoms with Crippen LogP contribution in [0, 0.1) is 4.91 Å². The summed E-state index contributed by atoms with van der Waals surface area (Å²) in [6.45, 7) is 1.55. The van der Waals surface area contributed by atoms with E-state index in [1.807, 2.05) is 5.32 Å². The van der Waals surface area contributed by atoms with E-state index < -0.39 is 43.0 Å². The van der Waals surface area contributed by atoms with Crippen LogP contribution in [0.4, 0.5) is 4.79 Å². The fourth-order valence-corrected chi connectivity index (χ4v) is 2.14. The summed E-state index contributed by atoms with van der Waals surface area (Å²) in [5.41, 5.74) is 0. The first-order valence-corrected chi connectivity index (χ1v) is 7.37. The number of aliphatic hydroxyl groups is 4. The fourth-order valence-electron chi connectivity index (χ4n) is 1.98. The standard InChI is InChI=1S/C11H20ClN3O8/c1-2-22-10-7(18)5(16)6(17)8(23-10)9(19)13-11(20)15(14-21)4-3-12/h5-10,16-19H,2-4H2,1H3,(H,13,20)/t5-,6-,7+,8-,9?,10+/m0/s1. The SMILES string of the molecule is CCO[C@@H]1O[C@H](C(O)NC(=O)N(CCCl)N=O)[C@@H](O)[C@H](O)[C@H]1O. The summed E-state index contributed by atoms with van der Waals surface area (Å²) in [7, 11) is 0. The number of rotatable bonds is 7. The first-order valence-electron chi connectivity index (χ1n) is 6.83. The predicted molar refractivity (Wildman–Crippen MR) is 76.1 cm³/mol. The van der Waals surface area contributed by atoms with E-state index in [-0.39, 0.29) is 19.0 Å². The van der Waals surface area contributed by atoms with Crippen LogP contribution in [-0.2, 0) is 9.47 Å². The monoisotopic (exact) mass is 357 g/mol. The third-order valence-electron chi connectivity index (χ3n) is 3.15. The van der Waals surface area contributed by atoms with Crippen molar-refractivity contribution in [3.63, 3.8) is 0 Å². The van der Waals surface area contributed by atoms with E-state index in [1.165, 1.54) is 0 Å². The lowest BCUT2D eigenvalue weighted by molar-refractivity contribution is -0.310. The van der Waals surface area contributed by atoms with Crippen LogP contribution in [0.3, 0.4) is 0 Å². The van der Waals surface area contributed by atoms with Crippen LogP contribution < -0.4 is 5.32 Å². The van der Waals surface area contributed by atoms with Crippen molar-refractivity contribution in [1.82, 2.24) is 10.3 Å². The van der Waals surface area contributed by atoms with E-state index >= 15 is 0 Å². The molecule has 134 valence electrons. The van der Waals surface area contributed by atoms with Gasteiger partial charge in [0.15, 0.2) is 12.5 Å². The molecule has 0 bridgehead atoms. The van der Waals surface area contributed by atoms with Crippen molar-refractivity contribution in [3.8, 4) is 0 Å². The molecule has 12 heteroatoms. The second-order valence-corrected chi connectivity index (χ2v) is 5.06. The lowest BCUT2D eigenvalue weighted by Gasteiger charge is -2.41. The molecule has 1 aliphatic heterocycles. The lowest BCUT2D eigenvalue weighted by atomic mass is 9.98. The number of carbonyl (C=O) groups excluding carboxylic acids is 1. The number of urea groups is 1. The van der Waals surface area contributed by atoms with E-state index in [9.17, 15) is 30.1 Å². The number of amides is 2. The van der Waals surface area contributed by atoms with Gasteiger partial charge in [0.1, 0.15) is 24.4 Å². The predicted octanol–water partition coefficient (Wildman–Crippen LogP) is -1.92. The van der Waals surface area contributed by atoms with Gasteiger partial charge in [0.25, 0.3) is 0 Å². The van der Waals surface area contributed by atoms with Crippen molar-refractivity contribution in [1.29, 1.82) is 0 Å². The summed E-state index contributed by atoms with van der Waals surface area (Å²) in [5, 5.41) is 44.1. The molecule has 6 atom stereocenters. The summed E-state index contributed by atoms with van der Waals surface area (Å²) in [6.07, 6.45) is -9.52. The molecule has 0 saturated carbocycles. The van der Waals surface area contributed by atoms with Gasteiger partial charge in [0.2, 0.25) is 0 Å². The minimum atomic E-state index is -1.80. The second kappa shape index (κ2) is 9.27. The Kier molecular flexibility index (Phi) is 8.05. The topological polar surface area (TPSA) is 161 Å². The van der Waals surface area contributed by atoms with Crippen molar-refractivity contribution in [2.75, 3.05) is 19.0 Å². The Hall–Kier alpha value is -1.08. The fraction of sp³-hybridized carbons (Fsp3) is 0.909. The first kappa shape index (κ1) is 20.0. The van der Waals surface area contributed by atoms with E-state index in [0.29, 0.717) is 5.01 Å². The summed E-state index contributed by atoms with van der Waals surface area (Å²) in [4.78, 5) is 22.2. The summed E-state index contributed by atoms with van der Waals surface area (Å²) >= 11 is 5.39. The number of carbonyl (C=O) groups is 1. The minimum Gasteiger partial charge on any atom is -0.387 e. The van der Waals surface area contributed by atoms with Crippen molar-refractivity contribution >= 4 is 17.6 Å². The minimum absolute atomic E-state index is 0.0604. The van der Waals surface area contributed by atoms with Crippen molar-refractivity contribution in [2.45, 2.75) is 43.9 Å². The molecule has 1 saturated heterocycles. The Morgan fingerprint density at radius 3 is 2.57 bits per heavy atom. The number of nitroso groups, excluding NO2 is 1. The van der Waals surface area contributed by atoms with Gasteiger partial charge in [-0.3, -0.25) is 0 Å². The number of nitrogens with zero attached hydrogens (tertiary/aromatic N) is 2. The molecule has 0 aromatic rings. The largest absolute Gasteiger partial charge is 0.387 e. The molecule has 1 fully saturated rings. The molecule has 0 aromatic heterocycles. The number of ether oxygens (including phenoxy) is 2. The number of halogens is 1. The van der Waals surface area contributed by atoms with Crippen molar-refractivity contribution in [2.24, 2.45) is 5.29 Å². The highest BCUT2D eigenvalue weighted by molar-refractivity contribution is 6.18. The Morgan fingerprint density at radius 1 is 1.39 bits per heavy atom. The number of nitrogens with one attached hydrogen (secondary N) is 1. The normalized spacial score (nSPS) is 32.2. The molecule has 23 heavy (non-hydrogen) atoms. The van der Waals surface area contributed by atoms with Crippen LogP contribution in [0.15, 0.2) is 5.29 Å². The van der Waals surface area contributed by atoms with Crippen LogP contribution in [0.5, 0.6) is 0 Å². The maximum Gasteiger partial charge on any atom is 0.342 e. The van der Waals surface area contributed by atoms with Gasteiger partial charge >= 0.3 is 6.03 Å². The molecule has 5 N–H and O–H groups in total. The summed E-state index contributed by atoms with van der Waals surface area (Å²) in [6, 6.07) is -1.07. The highest BCUT2D eigenvalue weighted by Gasteiger charge is 2.47. The Bertz CT molecular complexity index is 403. The molecule has 1 rings (SSSR count). The molecule has 1 heterocycles. The highest BCUT2D eigenvalue weighted by Crippen LogP contribution is 2.23. The number of hydrogen-bond acceptors (Lipinski definition) is 9. The van der Waals surface area contributed by atoms with Crippen LogP contribution in [-0.4, -0.2) is 87.4 Å². The Balaban J connectivity index is 2.74. The highest BCUT2D eigenvalue weighted by atomic mass is 35.5. The molecule has 0 aromatic carbocycles. The zero-order chi connectivity index (χ0) is 17.6. The van der Waals surface area contributed by atoms with Gasteiger partial charge in [-0.1, -0.05) is 0 Å². The van der Waals surface area contributed by atoms with Crippen molar-refractivity contribution < 1.29 is 34.7 Å². The number of hydrogen-bond donors (Lipinski definition) is 5. The van der Waals surface area contributed by atoms with Gasteiger partial charge in [0, 0.05) is 12.5 Å². The zero-order valence-electron chi connectivity index (χ0n) is 12.3. The van der Waals surface area contributed by atoms with Gasteiger partial charge in [0.05, 0.1) is 11.8 Å². The molecule has 1 unspecified atom stereocenters. The first-order chi connectivity index (χ1) is 10.9. The molecule has 0 spiro atoms. The van der Waals surface area contributed by atoms with Gasteiger partial charge in [-0.25, -0.2) is 4.79 Å². The van der Waals surface area contributed by atoms with E-state index in [2.05, 4.69) is 5.29 Å². The third kappa shape index (κ3) is 4.94. The van der Waals surface area contributed by atoms with Crippen LogP contribution >= 0.6 is 11.6 Å². The average Bonchev–Trinajstić information content (AvgIpc) is 2.52. The molecule has 1 aliphatic rings. The van der Waals surface area contributed by atoms with Crippen LogP contribution in [0.25, 0.3) is 0 Å². The van der Waals surface area contributed by atoms with Gasteiger partial charge in [-0.2, -0.15) is 5.01 Å². The maximum absolute atomic E-state index is 11.7. The second-order valence-electron chi connectivity index (χ2n) is 4.68. The van der Waals surface area contributed by atoms with E-state index in [4.69, 9.17) is 21.1 Å². The van der Waals surface area contributed by atoms with Crippen LogP contribution in [0.2, 0.25) is 0 Å². The molecule has 0 aliphatic carbocycles. The van der Waals surface area contributed by atoms with Gasteiger partial charge in [-0.15, -0.1) is 16.5 Å². The van der Waals surface area contributed by atoms with E-state index in [1.54, 1.807) is 6.92 Å². The maximum atomic E-state index is 11.7. The third-order valence-corrected chi connectivity index (χ3v) is 3.32. The smallest absolute Gasteiger partial charge is 0.342 e. The molecule has 0 radical (unpaired) electrons. The molecular weight excluding hydrogens is 338 g/mol. The van der Waals surface area contributed by atoms with Gasteiger partial charge in [-0.05, 0) is 6.92 Å². The summed E-state index contributed by atoms with van der Waals surface area (Å²) < 4.78 is 10.2. The average molecular weight is 358 g/mol. The van der Waals surface area contributed by atoms with Crippen LogP contribution in [0.1, 0.15) is 6.92 Å². The Labute approximate surface area is 136 Å². The number of aliphatic hydroxyl groups excluding tert-OH is 4.